The van der Waals surface area contributed by atoms with Crippen LogP contribution in [-0.4, -0.2) is 42.7 Å². The van der Waals surface area contributed by atoms with Gasteiger partial charge in [-0.3, -0.25) is 14.6 Å². The highest BCUT2D eigenvalue weighted by atomic mass is 32.2. The molecular formula is C27H31FN4O4S. The Morgan fingerprint density at radius 2 is 1.68 bits per heavy atom. The minimum Gasteiger partial charge on any atom is -0.350 e. The van der Waals surface area contributed by atoms with Gasteiger partial charge >= 0.3 is 0 Å². The van der Waals surface area contributed by atoms with Crippen LogP contribution in [0, 0.1) is 5.82 Å². The van der Waals surface area contributed by atoms with Crippen LogP contribution >= 0.6 is 0 Å². The van der Waals surface area contributed by atoms with Gasteiger partial charge in [0.15, 0.2) is 0 Å². The largest absolute Gasteiger partial charge is 0.350 e. The van der Waals surface area contributed by atoms with Gasteiger partial charge in [0.25, 0.3) is 0 Å². The number of carbonyl (C=O) groups is 2. The van der Waals surface area contributed by atoms with Crippen molar-refractivity contribution in [3.05, 3.63) is 95.6 Å². The molecule has 8 nitrogen and oxygen atoms in total. The molecule has 0 saturated carbocycles. The highest BCUT2D eigenvalue weighted by Gasteiger charge is 2.26. The molecule has 0 radical (unpaired) electrons. The fourth-order valence-corrected chi connectivity index (χ4v) is 4.75. The molecule has 0 fully saturated rings. The van der Waals surface area contributed by atoms with Crippen LogP contribution in [0.15, 0.2) is 78.0 Å². The quantitative estimate of drug-likeness (QED) is 0.377. The van der Waals surface area contributed by atoms with Gasteiger partial charge in [0.05, 0.1) is 4.90 Å². The van der Waals surface area contributed by atoms with Crippen LogP contribution in [0.5, 0.6) is 0 Å². The lowest BCUT2D eigenvalue weighted by Gasteiger charge is -2.29. The second-order valence-electron chi connectivity index (χ2n) is 8.55. The van der Waals surface area contributed by atoms with Gasteiger partial charge in [-0.15, -0.1) is 0 Å². The Hall–Kier alpha value is -3.63. The van der Waals surface area contributed by atoms with Crippen molar-refractivity contribution >= 4 is 21.8 Å². The molecule has 1 atom stereocenters. The Morgan fingerprint density at radius 1 is 1.00 bits per heavy atom. The van der Waals surface area contributed by atoms with Gasteiger partial charge in [-0.05, 0) is 60.4 Å². The molecule has 2 aromatic carbocycles. The lowest BCUT2D eigenvalue weighted by atomic mass is 10.1. The smallest absolute Gasteiger partial charge is 0.242 e. The SMILES string of the molecule is CCNS(=O)(=O)c1ccc(CCC(=O)N(Cc2ccc(F)cc2)[C@H](C)C(=O)NCc2cccnc2)cc1. The molecule has 10 heteroatoms. The maximum absolute atomic E-state index is 13.4. The number of rotatable bonds is 12. The molecule has 3 rings (SSSR count). The highest BCUT2D eigenvalue weighted by Crippen LogP contribution is 2.16. The van der Waals surface area contributed by atoms with Crippen molar-refractivity contribution in [3.8, 4) is 0 Å². The van der Waals surface area contributed by atoms with E-state index in [1.54, 1.807) is 56.6 Å². The second kappa shape index (κ2) is 13.1. The van der Waals surface area contributed by atoms with E-state index in [1.165, 1.54) is 29.2 Å². The van der Waals surface area contributed by atoms with Crippen LogP contribution in [-0.2, 0) is 39.1 Å². The Bertz CT molecular complexity index is 1280. The van der Waals surface area contributed by atoms with Gasteiger partial charge < -0.3 is 10.2 Å². The summed E-state index contributed by atoms with van der Waals surface area (Å²) in [7, 11) is -3.56. The molecule has 0 bridgehead atoms. The summed E-state index contributed by atoms with van der Waals surface area (Å²) in [5, 5.41) is 2.84. The molecule has 0 aliphatic rings. The zero-order chi connectivity index (χ0) is 26.8. The first-order valence-corrected chi connectivity index (χ1v) is 13.5. The van der Waals surface area contributed by atoms with Crippen LogP contribution in [0.3, 0.4) is 0 Å². The molecule has 3 aromatic rings. The van der Waals surface area contributed by atoms with Crippen LogP contribution in [0.4, 0.5) is 4.39 Å². The monoisotopic (exact) mass is 526 g/mol. The fraction of sp³-hybridized carbons (Fsp3) is 0.296. The molecule has 0 unspecified atom stereocenters. The summed E-state index contributed by atoms with van der Waals surface area (Å²) in [5.41, 5.74) is 2.32. The number of carbonyl (C=O) groups excluding carboxylic acids is 2. The van der Waals surface area contributed by atoms with Crippen molar-refractivity contribution in [3.63, 3.8) is 0 Å². The summed E-state index contributed by atoms with van der Waals surface area (Å²) in [4.78, 5) is 31.8. The third kappa shape index (κ3) is 8.19. The van der Waals surface area contributed by atoms with E-state index in [9.17, 15) is 22.4 Å². The summed E-state index contributed by atoms with van der Waals surface area (Å²) in [6.45, 7) is 4.06. The predicted molar refractivity (Wildman–Crippen MR) is 138 cm³/mol. The fourth-order valence-electron chi connectivity index (χ4n) is 3.71. The third-order valence-corrected chi connectivity index (χ3v) is 7.38. The predicted octanol–water partition coefficient (Wildman–Crippen LogP) is 3.19. The Balaban J connectivity index is 1.69. The minimum atomic E-state index is -3.56. The standard InChI is InChI=1S/C27H31FN4O4S/c1-3-31-37(35,36)25-13-8-21(9-14-25)10-15-26(33)32(19-22-6-11-24(28)12-7-22)20(2)27(34)30-18-23-5-4-16-29-17-23/h4-9,11-14,16-17,20,31H,3,10,15,18-19H2,1-2H3,(H,30,34)/t20-/m1/s1. The minimum absolute atomic E-state index is 0.112. The van der Waals surface area contributed by atoms with Crippen molar-refractivity contribution in [2.75, 3.05) is 6.54 Å². The van der Waals surface area contributed by atoms with Gasteiger partial charge in [0, 0.05) is 38.4 Å². The van der Waals surface area contributed by atoms with Gasteiger partial charge in [-0.2, -0.15) is 0 Å². The lowest BCUT2D eigenvalue weighted by molar-refractivity contribution is -0.140. The zero-order valence-electron chi connectivity index (χ0n) is 20.9. The molecule has 196 valence electrons. The number of aryl methyl sites for hydroxylation is 1. The molecule has 1 aromatic heterocycles. The number of halogens is 1. The van der Waals surface area contributed by atoms with E-state index in [0.29, 0.717) is 12.0 Å². The lowest BCUT2D eigenvalue weighted by Crippen LogP contribution is -2.47. The van der Waals surface area contributed by atoms with Gasteiger partial charge in [-0.25, -0.2) is 17.5 Å². The summed E-state index contributed by atoms with van der Waals surface area (Å²) in [6, 6.07) is 15.0. The Kier molecular flexibility index (Phi) is 9.87. The van der Waals surface area contributed by atoms with Crippen molar-refractivity contribution in [1.82, 2.24) is 19.9 Å². The molecule has 0 saturated heterocycles. The maximum Gasteiger partial charge on any atom is 0.242 e. The van der Waals surface area contributed by atoms with Crippen molar-refractivity contribution in [2.24, 2.45) is 0 Å². The highest BCUT2D eigenvalue weighted by molar-refractivity contribution is 7.89. The molecule has 0 aliphatic heterocycles. The summed E-state index contributed by atoms with van der Waals surface area (Å²) < 4.78 is 40.1. The number of sulfonamides is 1. The summed E-state index contributed by atoms with van der Waals surface area (Å²) in [5.74, 6) is -0.960. The maximum atomic E-state index is 13.4. The topological polar surface area (TPSA) is 108 Å². The Morgan fingerprint density at radius 3 is 2.30 bits per heavy atom. The molecule has 2 amide bonds. The first kappa shape index (κ1) is 27.9. The van der Waals surface area contributed by atoms with Crippen LogP contribution in [0.2, 0.25) is 0 Å². The average molecular weight is 527 g/mol. The number of nitrogens with one attached hydrogen (secondary N) is 2. The first-order chi connectivity index (χ1) is 17.7. The number of amides is 2. The molecule has 0 spiro atoms. The van der Waals surface area contributed by atoms with E-state index >= 15 is 0 Å². The van der Waals surface area contributed by atoms with Crippen LogP contribution < -0.4 is 10.0 Å². The van der Waals surface area contributed by atoms with Gasteiger partial charge in [0.1, 0.15) is 11.9 Å². The zero-order valence-corrected chi connectivity index (χ0v) is 21.7. The second-order valence-corrected chi connectivity index (χ2v) is 10.3. The molecule has 37 heavy (non-hydrogen) atoms. The number of aromatic nitrogens is 1. The average Bonchev–Trinajstić information content (AvgIpc) is 2.90. The number of hydrogen-bond acceptors (Lipinski definition) is 5. The van der Waals surface area contributed by atoms with Crippen LogP contribution in [0.25, 0.3) is 0 Å². The van der Waals surface area contributed by atoms with E-state index in [2.05, 4.69) is 15.0 Å². The van der Waals surface area contributed by atoms with E-state index in [0.717, 1.165) is 11.1 Å². The molecule has 0 aliphatic carbocycles. The van der Waals surface area contributed by atoms with Crippen molar-refractivity contribution < 1.29 is 22.4 Å². The summed E-state index contributed by atoms with van der Waals surface area (Å²) in [6.07, 6.45) is 3.78. The summed E-state index contributed by atoms with van der Waals surface area (Å²) >= 11 is 0. The third-order valence-electron chi connectivity index (χ3n) is 5.82. The molecular weight excluding hydrogens is 495 g/mol. The first-order valence-electron chi connectivity index (χ1n) is 12.0. The Labute approximate surface area is 217 Å². The van der Waals surface area contributed by atoms with E-state index < -0.39 is 16.1 Å². The normalized spacial score (nSPS) is 12.1. The number of hydrogen-bond donors (Lipinski definition) is 2. The van der Waals surface area contributed by atoms with E-state index in [1.807, 2.05) is 6.07 Å². The number of benzene rings is 2. The van der Waals surface area contributed by atoms with Crippen molar-refractivity contribution in [1.29, 1.82) is 0 Å². The van der Waals surface area contributed by atoms with E-state index in [-0.39, 0.29) is 48.6 Å². The van der Waals surface area contributed by atoms with Gasteiger partial charge in [0.2, 0.25) is 21.8 Å². The van der Waals surface area contributed by atoms with E-state index in [4.69, 9.17) is 0 Å². The molecule has 1 heterocycles. The number of pyridine rings is 1. The van der Waals surface area contributed by atoms with Crippen molar-refractivity contribution in [2.45, 2.75) is 50.7 Å². The molecule has 2 N–H and O–H groups in total. The van der Waals surface area contributed by atoms with Crippen LogP contribution in [0.1, 0.15) is 37.0 Å². The van der Waals surface area contributed by atoms with Gasteiger partial charge in [-0.1, -0.05) is 37.3 Å². The number of nitrogens with zero attached hydrogens (tertiary/aromatic N) is 2.